The van der Waals surface area contributed by atoms with Gasteiger partial charge in [-0.15, -0.1) is 0 Å². The third kappa shape index (κ3) is 4.05. The summed E-state index contributed by atoms with van der Waals surface area (Å²) in [5, 5.41) is 0. The fourth-order valence-electron chi connectivity index (χ4n) is 1.64. The lowest BCUT2D eigenvalue weighted by atomic mass is 10.2. The van der Waals surface area contributed by atoms with Gasteiger partial charge >= 0.3 is 0 Å². The summed E-state index contributed by atoms with van der Waals surface area (Å²) in [7, 11) is 0. The van der Waals surface area contributed by atoms with Crippen molar-refractivity contribution < 1.29 is 9.19 Å². The summed E-state index contributed by atoms with van der Waals surface area (Å²) < 4.78 is 1.31. The Labute approximate surface area is 76.7 Å². The van der Waals surface area contributed by atoms with Crippen LogP contribution < -0.4 is 4.70 Å². The molecule has 2 heteroatoms. The van der Waals surface area contributed by atoms with E-state index in [0.717, 1.165) is 0 Å². The maximum atomic E-state index is 2.31. The number of unbranched alkanes of at least 4 members (excludes halogenated alkanes) is 1. The van der Waals surface area contributed by atoms with Gasteiger partial charge in [-0.25, -0.2) is 0 Å². The van der Waals surface area contributed by atoms with Crippen LogP contribution in [0.4, 0.5) is 0 Å². The van der Waals surface area contributed by atoms with E-state index in [4.69, 9.17) is 0 Å². The quantitative estimate of drug-likeness (QED) is 0.487. The molecule has 0 unspecified atom stereocenters. The van der Waals surface area contributed by atoms with Gasteiger partial charge in [0.05, 0.1) is 26.2 Å². The van der Waals surface area contributed by atoms with Crippen molar-refractivity contribution >= 4 is 0 Å². The molecule has 0 atom stereocenters. The van der Waals surface area contributed by atoms with Gasteiger partial charge in [0.25, 0.3) is 0 Å². The number of hydrogen-bond donors (Lipinski definition) is 0. The summed E-state index contributed by atoms with van der Waals surface area (Å²) in [6.07, 6.45) is 2.72. The van der Waals surface area contributed by atoms with Crippen molar-refractivity contribution in [1.29, 1.82) is 0 Å². The first-order valence-electron chi connectivity index (χ1n) is 5.09. The van der Waals surface area contributed by atoms with E-state index in [0.29, 0.717) is 0 Å². The molecule has 0 rings (SSSR count). The van der Waals surface area contributed by atoms with Crippen molar-refractivity contribution in [1.82, 2.24) is 0 Å². The molecule has 0 spiro atoms. The Hall–Kier alpha value is -0.110. The Morgan fingerprint density at radius 2 is 1.25 bits per heavy atom. The van der Waals surface area contributed by atoms with Crippen molar-refractivity contribution in [2.75, 3.05) is 26.2 Å². The van der Waals surface area contributed by atoms with Gasteiger partial charge in [-0.05, 0) is 27.2 Å². The molecular weight excluding hydrogens is 153 g/mol. The average Bonchev–Trinajstić information content (AvgIpc) is 2.08. The average molecular weight is 177 g/mol. The van der Waals surface area contributed by atoms with Crippen molar-refractivity contribution in [2.24, 2.45) is 0 Å². The van der Waals surface area contributed by atoms with E-state index >= 15 is 0 Å². The van der Waals surface area contributed by atoms with Gasteiger partial charge in [0.2, 0.25) is 0 Å². The van der Waals surface area contributed by atoms with Gasteiger partial charge < -0.3 is 9.19 Å². The zero-order valence-electron chi connectivity index (χ0n) is 9.07. The molecule has 76 valence electrons. The van der Waals surface area contributed by atoms with Gasteiger partial charge in [-0.1, -0.05) is 13.3 Å². The van der Waals surface area contributed by atoms with Gasteiger partial charge in [-0.3, -0.25) is 0 Å². The fourth-order valence-corrected chi connectivity index (χ4v) is 1.64. The predicted octanol–water partition coefficient (Wildman–Crippen LogP) is -0.333. The minimum absolute atomic E-state index is 0. The van der Waals surface area contributed by atoms with Crippen molar-refractivity contribution in [3.8, 4) is 0 Å². The van der Waals surface area contributed by atoms with Crippen LogP contribution in [-0.2, 0) is 0 Å². The van der Waals surface area contributed by atoms with Crippen LogP contribution in [0.5, 0.6) is 0 Å². The molecule has 0 amide bonds. The molecule has 0 aromatic carbocycles. The number of nitrogens with zero attached hydrogens (tertiary/aromatic N) is 1. The van der Waals surface area contributed by atoms with E-state index in [1.165, 1.54) is 43.5 Å². The molecule has 0 fully saturated rings. The number of rotatable bonds is 6. The summed E-state index contributed by atoms with van der Waals surface area (Å²) in [6.45, 7) is 14.5. The third-order valence-electron chi connectivity index (χ3n) is 3.00. The summed E-state index contributed by atoms with van der Waals surface area (Å²) in [6, 6.07) is 0. The van der Waals surface area contributed by atoms with Gasteiger partial charge in [0.15, 0.2) is 0 Å². The first-order valence-corrected chi connectivity index (χ1v) is 5.09. The molecule has 0 N–H and O–H groups in total. The van der Waals surface area contributed by atoms with E-state index in [9.17, 15) is 0 Å². The van der Waals surface area contributed by atoms with Crippen molar-refractivity contribution in [2.45, 2.75) is 40.5 Å². The highest BCUT2D eigenvalue weighted by atomic mass is 19.0. The molecule has 0 aromatic rings. The van der Waals surface area contributed by atoms with Gasteiger partial charge in [0, 0.05) is 0 Å². The second-order valence-corrected chi connectivity index (χ2v) is 3.37. The molecular formula is C10H24FN. The monoisotopic (exact) mass is 177 g/mol. The van der Waals surface area contributed by atoms with Crippen LogP contribution >= 0.6 is 0 Å². The van der Waals surface area contributed by atoms with Crippen LogP contribution in [0.15, 0.2) is 0 Å². The first kappa shape index (κ1) is 14.4. The largest absolute Gasteiger partial charge is 1.00 e. The topological polar surface area (TPSA) is 0 Å². The normalized spacial score (nSPS) is 11.0. The lowest BCUT2D eigenvalue weighted by molar-refractivity contribution is -0.923. The highest BCUT2D eigenvalue weighted by molar-refractivity contribution is 4.38. The molecule has 0 aliphatic rings. The summed E-state index contributed by atoms with van der Waals surface area (Å²) in [5.41, 5.74) is 0. The third-order valence-corrected chi connectivity index (χ3v) is 3.00. The van der Waals surface area contributed by atoms with E-state index in [-0.39, 0.29) is 4.70 Å². The SMILES string of the molecule is CCCC[N+](CC)(CC)CC.[F-]. The molecule has 0 heterocycles. The molecule has 12 heavy (non-hydrogen) atoms. The van der Waals surface area contributed by atoms with Crippen LogP contribution in [-0.4, -0.2) is 30.7 Å². The fraction of sp³-hybridized carbons (Fsp3) is 1.00. The second kappa shape index (κ2) is 7.53. The molecule has 0 bridgehead atoms. The molecule has 0 aliphatic heterocycles. The Morgan fingerprint density at radius 1 is 0.833 bits per heavy atom. The standard InChI is InChI=1S/C10H24N.FH/c1-5-9-10-11(6-2,7-3)8-4;/h5-10H2,1-4H3;1H/q+1;/p-1. The number of halogens is 1. The van der Waals surface area contributed by atoms with Crippen molar-refractivity contribution in [3.05, 3.63) is 0 Å². The Morgan fingerprint density at radius 3 is 1.50 bits per heavy atom. The molecule has 0 saturated carbocycles. The van der Waals surface area contributed by atoms with Crippen LogP contribution in [0.2, 0.25) is 0 Å². The molecule has 0 aliphatic carbocycles. The molecule has 0 radical (unpaired) electrons. The Balaban J connectivity index is 0. The number of quaternary nitrogens is 1. The molecule has 0 aromatic heterocycles. The second-order valence-electron chi connectivity index (χ2n) is 3.37. The zero-order valence-corrected chi connectivity index (χ0v) is 9.07. The highest BCUT2D eigenvalue weighted by Crippen LogP contribution is 2.07. The van der Waals surface area contributed by atoms with Crippen LogP contribution in [0.3, 0.4) is 0 Å². The summed E-state index contributed by atoms with van der Waals surface area (Å²) in [5.74, 6) is 0. The lowest BCUT2D eigenvalue weighted by Crippen LogP contribution is -3.00. The highest BCUT2D eigenvalue weighted by Gasteiger charge is 2.18. The maximum absolute atomic E-state index is 2.31. The first-order chi connectivity index (χ1) is 5.24. The lowest BCUT2D eigenvalue weighted by Gasteiger charge is -2.35. The Bertz CT molecular complexity index is 81.6. The molecule has 0 saturated heterocycles. The minimum Gasteiger partial charge on any atom is -1.00 e. The van der Waals surface area contributed by atoms with E-state index < -0.39 is 0 Å². The van der Waals surface area contributed by atoms with Crippen LogP contribution in [0.1, 0.15) is 40.5 Å². The smallest absolute Gasteiger partial charge is 0.0786 e. The van der Waals surface area contributed by atoms with E-state index in [1.807, 2.05) is 0 Å². The molecule has 1 nitrogen and oxygen atoms in total. The summed E-state index contributed by atoms with van der Waals surface area (Å²) >= 11 is 0. The van der Waals surface area contributed by atoms with Gasteiger partial charge in [0.1, 0.15) is 0 Å². The van der Waals surface area contributed by atoms with Crippen molar-refractivity contribution in [3.63, 3.8) is 0 Å². The minimum atomic E-state index is 0. The predicted molar refractivity (Wildman–Crippen MR) is 51.7 cm³/mol. The Kier molecular flexibility index (Phi) is 9.05. The van der Waals surface area contributed by atoms with Gasteiger partial charge in [-0.2, -0.15) is 0 Å². The zero-order chi connectivity index (χ0) is 8.74. The maximum Gasteiger partial charge on any atom is 0.0786 e. The van der Waals surface area contributed by atoms with Crippen LogP contribution in [0, 0.1) is 0 Å². The van der Waals surface area contributed by atoms with Crippen LogP contribution in [0.25, 0.3) is 0 Å². The summed E-state index contributed by atoms with van der Waals surface area (Å²) in [4.78, 5) is 0. The number of hydrogen-bond acceptors (Lipinski definition) is 0. The van der Waals surface area contributed by atoms with E-state index in [2.05, 4.69) is 27.7 Å². The van der Waals surface area contributed by atoms with E-state index in [1.54, 1.807) is 0 Å².